The molecule has 0 fully saturated rings. The van der Waals surface area contributed by atoms with Crippen LogP contribution in [0, 0.1) is 0 Å². The van der Waals surface area contributed by atoms with Crippen LogP contribution < -0.4 is 10.2 Å². The van der Waals surface area contributed by atoms with E-state index in [2.05, 4.69) is 32.3 Å². The van der Waals surface area contributed by atoms with Crippen molar-refractivity contribution < 1.29 is 4.74 Å². The smallest absolute Gasteiger partial charge is 0.247 e. The van der Waals surface area contributed by atoms with E-state index in [1.54, 1.807) is 7.11 Å². The number of hydrogen-bond donors (Lipinski definition) is 0. The van der Waals surface area contributed by atoms with Crippen molar-refractivity contribution >= 4 is 12.9 Å². The lowest BCUT2D eigenvalue weighted by Crippen LogP contribution is -2.33. The molecule has 1 radical (unpaired) electrons. The van der Waals surface area contributed by atoms with Gasteiger partial charge in [0.05, 0.1) is 7.11 Å². The van der Waals surface area contributed by atoms with Crippen molar-refractivity contribution in [3.63, 3.8) is 0 Å². The molecule has 0 bridgehead atoms. The third-order valence-corrected chi connectivity index (χ3v) is 2.04. The molecule has 0 unspecified atom stereocenters. The Bertz CT molecular complexity index is 278. The van der Waals surface area contributed by atoms with Gasteiger partial charge in [-0.1, -0.05) is 24.5 Å². The maximum Gasteiger partial charge on any atom is 0.247 e. The minimum atomic E-state index is 0.906. The van der Waals surface area contributed by atoms with Gasteiger partial charge in [-0.2, -0.15) is 0 Å². The zero-order chi connectivity index (χ0) is 10.4. The maximum absolute atomic E-state index is 5.16. The van der Waals surface area contributed by atoms with Crippen LogP contribution in [0.4, 0.5) is 0 Å². The largest absolute Gasteiger partial charge is 0.497 e. The zero-order valence-corrected chi connectivity index (χ0v) is 9.16. The standard InChI is InChI=1S/C11H17BNO/c1-4-8-13(2)12-10-6-5-7-11(9-10)14-3/h5-7,9H,4,8H2,1-3H3. The summed E-state index contributed by atoms with van der Waals surface area (Å²) < 4.78 is 5.16. The molecule has 14 heavy (non-hydrogen) atoms. The van der Waals surface area contributed by atoms with Crippen LogP contribution >= 0.6 is 0 Å². The van der Waals surface area contributed by atoms with Gasteiger partial charge in [-0.25, -0.2) is 0 Å². The Morgan fingerprint density at radius 1 is 1.43 bits per heavy atom. The molecule has 1 rings (SSSR count). The highest BCUT2D eigenvalue weighted by atomic mass is 16.5. The molecule has 1 aromatic carbocycles. The summed E-state index contributed by atoms with van der Waals surface area (Å²) in [5.74, 6) is 0.906. The van der Waals surface area contributed by atoms with E-state index in [1.807, 2.05) is 18.2 Å². The minimum Gasteiger partial charge on any atom is -0.497 e. The average Bonchev–Trinajstić information content (AvgIpc) is 2.18. The molecule has 0 aromatic heterocycles. The van der Waals surface area contributed by atoms with Crippen LogP contribution in [0.2, 0.25) is 0 Å². The van der Waals surface area contributed by atoms with Gasteiger partial charge in [0.25, 0.3) is 0 Å². The summed E-state index contributed by atoms with van der Waals surface area (Å²) in [4.78, 5) is 2.19. The quantitative estimate of drug-likeness (QED) is 0.648. The average molecular weight is 190 g/mol. The van der Waals surface area contributed by atoms with E-state index >= 15 is 0 Å². The van der Waals surface area contributed by atoms with Gasteiger partial charge in [-0.05, 0) is 32.1 Å². The molecule has 0 aliphatic carbocycles. The van der Waals surface area contributed by atoms with E-state index in [-0.39, 0.29) is 0 Å². The maximum atomic E-state index is 5.16. The zero-order valence-electron chi connectivity index (χ0n) is 9.16. The highest BCUT2D eigenvalue weighted by Gasteiger charge is 2.02. The molecule has 0 saturated carbocycles. The Morgan fingerprint density at radius 2 is 2.21 bits per heavy atom. The molecular formula is C11H17BNO. The van der Waals surface area contributed by atoms with E-state index in [0.717, 1.165) is 18.7 Å². The second-order valence-corrected chi connectivity index (χ2v) is 3.39. The normalized spacial score (nSPS) is 10.3. The Hall–Kier alpha value is -0.955. The van der Waals surface area contributed by atoms with Crippen molar-refractivity contribution in [3.05, 3.63) is 24.3 Å². The van der Waals surface area contributed by atoms with Crippen LogP contribution in [0.25, 0.3) is 0 Å². The molecule has 75 valence electrons. The fourth-order valence-electron chi connectivity index (χ4n) is 1.39. The highest BCUT2D eigenvalue weighted by molar-refractivity contribution is 6.50. The van der Waals surface area contributed by atoms with Crippen LogP contribution in [0.5, 0.6) is 5.75 Å². The Morgan fingerprint density at radius 3 is 2.86 bits per heavy atom. The van der Waals surface area contributed by atoms with Gasteiger partial charge >= 0.3 is 0 Å². The van der Waals surface area contributed by atoms with Crippen LogP contribution in [-0.2, 0) is 0 Å². The number of ether oxygens (including phenoxy) is 1. The monoisotopic (exact) mass is 190 g/mol. The fourth-order valence-corrected chi connectivity index (χ4v) is 1.39. The number of nitrogens with zero attached hydrogens (tertiary/aromatic N) is 1. The number of rotatable bonds is 5. The summed E-state index contributed by atoms with van der Waals surface area (Å²) in [5.41, 5.74) is 1.18. The molecule has 0 spiro atoms. The lowest BCUT2D eigenvalue weighted by Gasteiger charge is -2.14. The number of methoxy groups -OCH3 is 1. The van der Waals surface area contributed by atoms with E-state index in [9.17, 15) is 0 Å². The van der Waals surface area contributed by atoms with Crippen LogP contribution in [0.1, 0.15) is 13.3 Å². The summed E-state index contributed by atoms with van der Waals surface area (Å²) in [7, 11) is 5.91. The number of benzene rings is 1. The van der Waals surface area contributed by atoms with Gasteiger partial charge in [0.2, 0.25) is 7.41 Å². The fraction of sp³-hybridized carbons (Fsp3) is 0.455. The Kier molecular flexibility index (Phi) is 4.53. The second-order valence-electron chi connectivity index (χ2n) is 3.39. The first kappa shape index (κ1) is 11.1. The van der Waals surface area contributed by atoms with Gasteiger partial charge in [-0.3, -0.25) is 0 Å². The molecule has 0 atom stereocenters. The lowest BCUT2D eigenvalue weighted by molar-refractivity contribution is 0.415. The summed E-state index contributed by atoms with van der Waals surface area (Å²) in [6.45, 7) is 3.26. The lowest BCUT2D eigenvalue weighted by atomic mass is 9.81. The van der Waals surface area contributed by atoms with Gasteiger partial charge in [0.1, 0.15) is 5.75 Å². The third kappa shape index (κ3) is 3.42. The van der Waals surface area contributed by atoms with E-state index in [0.29, 0.717) is 0 Å². The Labute approximate surface area is 87.1 Å². The van der Waals surface area contributed by atoms with Crippen molar-refractivity contribution in [3.8, 4) is 5.75 Å². The van der Waals surface area contributed by atoms with Crippen LogP contribution in [-0.4, -0.2) is 32.9 Å². The first-order valence-corrected chi connectivity index (χ1v) is 4.95. The van der Waals surface area contributed by atoms with Gasteiger partial charge in [-0.15, -0.1) is 0 Å². The summed E-state index contributed by atoms with van der Waals surface area (Å²) >= 11 is 0. The molecular weight excluding hydrogens is 173 g/mol. The number of hydrogen-bond acceptors (Lipinski definition) is 2. The molecule has 0 aliphatic heterocycles. The molecule has 0 saturated heterocycles. The molecule has 0 N–H and O–H groups in total. The third-order valence-electron chi connectivity index (χ3n) is 2.04. The van der Waals surface area contributed by atoms with Gasteiger partial charge < -0.3 is 9.55 Å². The topological polar surface area (TPSA) is 12.5 Å². The first-order chi connectivity index (χ1) is 6.76. The summed E-state index contributed by atoms with van der Waals surface area (Å²) in [5, 5.41) is 0. The van der Waals surface area contributed by atoms with Crippen molar-refractivity contribution in [2.75, 3.05) is 20.7 Å². The van der Waals surface area contributed by atoms with Gasteiger partial charge in [0.15, 0.2) is 0 Å². The Balaban J connectivity index is 2.57. The molecule has 2 nitrogen and oxygen atoms in total. The molecule has 0 amide bonds. The first-order valence-electron chi connectivity index (χ1n) is 4.95. The minimum absolute atomic E-state index is 0.906. The van der Waals surface area contributed by atoms with Crippen molar-refractivity contribution in [2.45, 2.75) is 13.3 Å². The predicted octanol–water partition coefficient (Wildman–Crippen LogP) is 1.28. The summed E-state index contributed by atoms with van der Waals surface area (Å²) in [6.07, 6.45) is 1.16. The molecule has 3 heteroatoms. The molecule has 0 heterocycles. The molecule has 0 aliphatic rings. The van der Waals surface area contributed by atoms with Crippen molar-refractivity contribution in [1.82, 2.24) is 4.81 Å². The van der Waals surface area contributed by atoms with Crippen LogP contribution in [0.3, 0.4) is 0 Å². The highest BCUT2D eigenvalue weighted by Crippen LogP contribution is 2.05. The summed E-state index contributed by atoms with van der Waals surface area (Å²) in [6, 6.07) is 8.07. The van der Waals surface area contributed by atoms with Gasteiger partial charge in [0, 0.05) is 0 Å². The molecule has 1 aromatic rings. The van der Waals surface area contributed by atoms with E-state index < -0.39 is 0 Å². The van der Waals surface area contributed by atoms with E-state index in [1.165, 1.54) is 5.46 Å². The second kappa shape index (κ2) is 5.71. The van der Waals surface area contributed by atoms with E-state index in [4.69, 9.17) is 4.74 Å². The van der Waals surface area contributed by atoms with Crippen LogP contribution in [0.15, 0.2) is 24.3 Å². The predicted molar refractivity (Wildman–Crippen MR) is 61.3 cm³/mol. The SMILES string of the molecule is CCCN(C)[B]c1cccc(OC)c1. The van der Waals surface area contributed by atoms with Crippen molar-refractivity contribution in [1.29, 1.82) is 0 Å². The van der Waals surface area contributed by atoms with Crippen molar-refractivity contribution in [2.24, 2.45) is 0 Å².